The molecule has 9 heteroatoms. The number of nitrogens with zero attached hydrogens (tertiary/aromatic N) is 1. The number of halogens is 1. The Morgan fingerprint density at radius 3 is 2.53 bits per heavy atom. The zero-order chi connectivity index (χ0) is 24.6. The van der Waals surface area contributed by atoms with Crippen LogP contribution in [0.1, 0.15) is 79.1 Å². The van der Waals surface area contributed by atoms with Gasteiger partial charge in [-0.2, -0.15) is 4.31 Å². The number of primary amides is 1. The van der Waals surface area contributed by atoms with Crippen molar-refractivity contribution in [2.45, 2.75) is 75.0 Å². The molecule has 1 amide bonds. The highest BCUT2D eigenvalue weighted by molar-refractivity contribution is 7.91. The Balaban J connectivity index is 1.54. The van der Waals surface area contributed by atoms with Crippen molar-refractivity contribution < 1.29 is 13.2 Å². The number of unbranched alkanes of at least 4 members (excludes halogenated alkanes) is 5. The van der Waals surface area contributed by atoms with E-state index in [1.165, 1.54) is 55.9 Å². The minimum atomic E-state index is -3.60. The van der Waals surface area contributed by atoms with Crippen LogP contribution in [0.25, 0.3) is 0 Å². The van der Waals surface area contributed by atoms with Crippen LogP contribution >= 0.6 is 22.9 Å². The Hall–Kier alpha value is -1.45. The SMILES string of the molecule is CCCCCCCCNC1CCN(S(=O)(=O)c2cc(Cl)c(Cc3ccccc3C(N)=O)s2)CC1. The number of carbonyl (C=O) groups excluding carboxylic acids is 1. The molecule has 3 rings (SSSR count). The van der Waals surface area contributed by atoms with Gasteiger partial charge in [-0.1, -0.05) is 68.8 Å². The number of benzene rings is 1. The molecule has 188 valence electrons. The summed E-state index contributed by atoms with van der Waals surface area (Å²) < 4.78 is 28.3. The van der Waals surface area contributed by atoms with Crippen molar-refractivity contribution in [3.05, 3.63) is 51.4 Å². The minimum absolute atomic E-state index is 0.252. The van der Waals surface area contributed by atoms with E-state index in [1.807, 2.05) is 12.1 Å². The first kappa shape index (κ1) is 27.1. The Morgan fingerprint density at radius 1 is 1.15 bits per heavy atom. The molecule has 1 fully saturated rings. The average molecular weight is 526 g/mol. The van der Waals surface area contributed by atoms with Crippen LogP contribution in [0.2, 0.25) is 5.02 Å². The highest BCUT2D eigenvalue weighted by Crippen LogP contribution is 2.35. The van der Waals surface area contributed by atoms with Gasteiger partial charge in [0.25, 0.3) is 10.0 Å². The molecule has 0 bridgehead atoms. The van der Waals surface area contributed by atoms with Gasteiger partial charge in [-0.15, -0.1) is 11.3 Å². The molecule has 0 aliphatic carbocycles. The third kappa shape index (κ3) is 7.28. The lowest BCUT2D eigenvalue weighted by Gasteiger charge is -2.31. The van der Waals surface area contributed by atoms with Crippen LogP contribution in [0.5, 0.6) is 0 Å². The largest absolute Gasteiger partial charge is 0.366 e. The Kier molecular flexibility index (Phi) is 10.4. The molecule has 1 aromatic heterocycles. The van der Waals surface area contributed by atoms with Gasteiger partial charge in [0.15, 0.2) is 0 Å². The van der Waals surface area contributed by atoms with Crippen molar-refractivity contribution in [3.63, 3.8) is 0 Å². The first-order valence-electron chi connectivity index (χ1n) is 12.2. The highest BCUT2D eigenvalue weighted by Gasteiger charge is 2.31. The molecule has 1 aliphatic heterocycles. The molecule has 0 unspecified atom stereocenters. The lowest BCUT2D eigenvalue weighted by Crippen LogP contribution is -2.44. The van der Waals surface area contributed by atoms with Gasteiger partial charge in [0.05, 0.1) is 5.02 Å². The van der Waals surface area contributed by atoms with Gasteiger partial charge in [0.2, 0.25) is 5.91 Å². The lowest BCUT2D eigenvalue weighted by molar-refractivity contribution is 0.0999. The predicted molar refractivity (Wildman–Crippen MR) is 140 cm³/mol. The fraction of sp³-hybridized carbons (Fsp3) is 0.560. The number of carbonyl (C=O) groups is 1. The smallest absolute Gasteiger partial charge is 0.252 e. The molecule has 0 radical (unpaired) electrons. The molecule has 1 aliphatic rings. The van der Waals surface area contributed by atoms with Crippen molar-refractivity contribution in [3.8, 4) is 0 Å². The normalized spacial score (nSPS) is 15.6. The Bertz CT molecular complexity index is 1050. The monoisotopic (exact) mass is 525 g/mol. The second-order valence-corrected chi connectivity index (χ2v) is 12.6. The standard InChI is InChI=1S/C25H36ClN3O3S2/c1-2-3-4-5-6-9-14-28-20-12-15-29(16-13-20)34(31,32)24-18-22(26)23(33-24)17-19-10-7-8-11-21(19)25(27)30/h7-8,10-11,18,20,28H,2-6,9,12-17H2,1H3,(H2,27,30). The van der Waals surface area contributed by atoms with Crippen LogP contribution in [-0.2, 0) is 16.4 Å². The van der Waals surface area contributed by atoms with E-state index in [9.17, 15) is 13.2 Å². The van der Waals surface area contributed by atoms with Crippen molar-refractivity contribution in [1.82, 2.24) is 9.62 Å². The number of sulfonamides is 1. The second kappa shape index (κ2) is 13.0. The van der Waals surface area contributed by atoms with Gasteiger partial charge in [-0.05, 0) is 43.5 Å². The van der Waals surface area contributed by atoms with Crippen molar-refractivity contribution in [1.29, 1.82) is 0 Å². The maximum atomic E-state index is 13.3. The average Bonchev–Trinajstić information content (AvgIpc) is 3.20. The molecule has 2 aromatic rings. The fourth-order valence-corrected chi connectivity index (χ4v) is 7.83. The minimum Gasteiger partial charge on any atom is -0.366 e. The number of rotatable bonds is 13. The number of hydrogen-bond donors (Lipinski definition) is 2. The van der Waals surface area contributed by atoms with Crippen molar-refractivity contribution in [2.24, 2.45) is 5.73 Å². The van der Waals surface area contributed by atoms with Crippen LogP contribution in [0.4, 0.5) is 0 Å². The summed E-state index contributed by atoms with van der Waals surface area (Å²) in [5, 5.41) is 4.00. The van der Waals surface area contributed by atoms with Crippen LogP contribution in [-0.4, -0.2) is 44.3 Å². The summed E-state index contributed by atoms with van der Waals surface area (Å²) in [5.74, 6) is -0.510. The molecule has 34 heavy (non-hydrogen) atoms. The Morgan fingerprint density at radius 2 is 1.82 bits per heavy atom. The number of hydrogen-bond acceptors (Lipinski definition) is 5. The first-order valence-corrected chi connectivity index (χ1v) is 14.9. The van der Waals surface area contributed by atoms with Crippen molar-refractivity contribution in [2.75, 3.05) is 19.6 Å². The van der Waals surface area contributed by atoms with Crippen LogP contribution in [0, 0.1) is 0 Å². The summed E-state index contributed by atoms with van der Waals surface area (Å²) in [6, 6.07) is 8.96. The van der Waals surface area contributed by atoms with Crippen LogP contribution < -0.4 is 11.1 Å². The number of piperidine rings is 1. The van der Waals surface area contributed by atoms with E-state index in [-0.39, 0.29) is 4.21 Å². The summed E-state index contributed by atoms with van der Waals surface area (Å²) in [6.07, 6.45) is 9.62. The second-order valence-electron chi connectivity index (χ2n) is 8.93. The van der Waals surface area contributed by atoms with Crippen LogP contribution in [0.15, 0.2) is 34.5 Å². The van der Waals surface area contributed by atoms with E-state index in [0.29, 0.717) is 41.0 Å². The van der Waals surface area contributed by atoms with Gasteiger partial charge in [-0.25, -0.2) is 8.42 Å². The fourth-order valence-electron chi connectivity index (χ4n) is 4.36. The summed E-state index contributed by atoms with van der Waals surface area (Å²) in [4.78, 5) is 12.4. The number of nitrogens with one attached hydrogen (secondary N) is 1. The molecule has 1 saturated heterocycles. The third-order valence-corrected chi connectivity index (χ3v) is 10.3. The van der Waals surface area contributed by atoms with Gasteiger partial charge >= 0.3 is 0 Å². The molecule has 3 N–H and O–H groups in total. The number of thiophene rings is 1. The summed E-state index contributed by atoms with van der Waals surface area (Å²) in [6.45, 7) is 4.24. The quantitative estimate of drug-likeness (QED) is 0.352. The van der Waals surface area contributed by atoms with Crippen LogP contribution in [0.3, 0.4) is 0 Å². The summed E-state index contributed by atoms with van der Waals surface area (Å²) in [5.41, 5.74) is 6.64. The van der Waals surface area contributed by atoms with Gasteiger partial charge in [0.1, 0.15) is 4.21 Å². The molecule has 2 heterocycles. The maximum Gasteiger partial charge on any atom is 0.252 e. The van der Waals surface area contributed by atoms with E-state index in [4.69, 9.17) is 17.3 Å². The van der Waals surface area contributed by atoms with E-state index < -0.39 is 15.9 Å². The molecule has 0 saturated carbocycles. The van der Waals surface area contributed by atoms with Gasteiger partial charge in [0, 0.05) is 36.0 Å². The third-order valence-electron chi connectivity index (χ3n) is 6.38. The number of nitrogens with two attached hydrogens (primary N) is 1. The zero-order valence-corrected chi connectivity index (χ0v) is 22.3. The van der Waals surface area contributed by atoms with E-state index in [2.05, 4.69) is 12.2 Å². The van der Waals surface area contributed by atoms with E-state index >= 15 is 0 Å². The predicted octanol–water partition coefficient (Wildman–Crippen LogP) is 5.19. The van der Waals surface area contributed by atoms with Crippen molar-refractivity contribution >= 4 is 38.9 Å². The molecule has 6 nitrogen and oxygen atoms in total. The van der Waals surface area contributed by atoms with E-state index in [0.717, 1.165) is 24.9 Å². The molecule has 1 aromatic carbocycles. The van der Waals surface area contributed by atoms with Gasteiger partial charge in [-0.3, -0.25) is 4.79 Å². The zero-order valence-electron chi connectivity index (χ0n) is 19.9. The highest BCUT2D eigenvalue weighted by atomic mass is 35.5. The summed E-state index contributed by atoms with van der Waals surface area (Å²) in [7, 11) is -3.60. The topological polar surface area (TPSA) is 92.5 Å². The molecule has 0 atom stereocenters. The first-order chi connectivity index (χ1) is 16.3. The number of amides is 1. The molecule has 0 spiro atoms. The Labute approximate surface area is 212 Å². The molecular formula is C25H36ClN3O3S2. The van der Waals surface area contributed by atoms with Gasteiger partial charge < -0.3 is 11.1 Å². The van der Waals surface area contributed by atoms with E-state index in [1.54, 1.807) is 16.4 Å². The molecular weight excluding hydrogens is 490 g/mol. The maximum absolute atomic E-state index is 13.3. The lowest BCUT2D eigenvalue weighted by atomic mass is 10.0. The summed E-state index contributed by atoms with van der Waals surface area (Å²) >= 11 is 7.58.